The summed E-state index contributed by atoms with van der Waals surface area (Å²) in [6.07, 6.45) is 2.35. The molecule has 0 spiro atoms. The standard InChI is InChI=1S/C19H22ClN3O2S/c1-12-17(10-14-6-3-4-8-16(14)20)26-19(21-12)22-18(25)15-7-5-9-23(11-15)13(2)24/h3-4,6,8,15H,5,7,9-11H2,1-2H3,(H,21,22,25). The van der Waals surface area contributed by atoms with Crippen LogP contribution in [-0.4, -0.2) is 34.8 Å². The molecule has 7 heteroatoms. The van der Waals surface area contributed by atoms with Gasteiger partial charge in [0.15, 0.2) is 5.13 Å². The first-order valence-electron chi connectivity index (χ1n) is 8.70. The van der Waals surface area contributed by atoms with E-state index in [1.54, 1.807) is 11.8 Å². The van der Waals surface area contributed by atoms with Crippen LogP contribution in [0.4, 0.5) is 5.13 Å². The molecule has 5 nitrogen and oxygen atoms in total. The number of thiazole rings is 1. The molecule has 2 amide bonds. The second-order valence-corrected chi connectivity index (χ2v) is 8.08. The summed E-state index contributed by atoms with van der Waals surface area (Å²) in [5.41, 5.74) is 1.95. The molecule has 26 heavy (non-hydrogen) atoms. The zero-order chi connectivity index (χ0) is 18.7. The molecule has 0 saturated carbocycles. The number of aryl methyl sites for hydroxylation is 1. The average Bonchev–Trinajstić information content (AvgIpc) is 2.96. The summed E-state index contributed by atoms with van der Waals surface area (Å²) < 4.78 is 0. The summed E-state index contributed by atoms with van der Waals surface area (Å²) in [5, 5.41) is 4.27. The molecule has 1 fully saturated rings. The molecular weight excluding hydrogens is 370 g/mol. The molecule has 1 N–H and O–H groups in total. The van der Waals surface area contributed by atoms with Gasteiger partial charge in [0.2, 0.25) is 11.8 Å². The molecule has 1 unspecified atom stereocenters. The molecule has 2 heterocycles. The Kier molecular flexibility index (Phi) is 5.94. The molecule has 1 aromatic heterocycles. The number of amides is 2. The van der Waals surface area contributed by atoms with Crippen LogP contribution in [0.1, 0.15) is 35.9 Å². The number of anilines is 1. The lowest BCUT2D eigenvalue weighted by atomic mass is 9.97. The van der Waals surface area contributed by atoms with Crippen LogP contribution in [0.5, 0.6) is 0 Å². The fourth-order valence-corrected chi connectivity index (χ4v) is 4.34. The number of benzene rings is 1. The number of carbonyl (C=O) groups excluding carboxylic acids is 2. The summed E-state index contributed by atoms with van der Waals surface area (Å²) in [5.74, 6) is -0.215. The van der Waals surface area contributed by atoms with Gasteiger partial charge in [-0.05, 0) is 31.4 Å². The number of nitrogens with zero attached hydrogens (tertiary/aromatic N) is 2. The number of piperidine rings is 1. The van der Waals surface area contributed by atoms with Crippen molar-refractivity contribution < 1.29 is 9.59 Å². The third-order valence-corrected chi connectivity index (χ3v) is 6.11. The Balaban J connectivity index is 1.66. The van der Waals surface area contributed by atoms with Crippen molar-refractivity contribution in [3.8, 4) is 0 Å². The van der Waals surface area contributed by atoms with Crippen molar-refractivity contribution in [2.75, 3.05) is 18.4 Å². The lowest BCUT2D eigenvalue weighted by Gasteiger charge is -2.31. The van der Waals surface area contributed by atoms with Gasteiger partial charge < -0.3 is 10.2 Å². The highest BCUT2D eigenvalue weighted by atomic mass is 35.5. The third-order valence-electron chi connectivity index (χ3n) is 4.67. The molecule has 3 rings (SSSR count). The Bertz CT molecular complexity index is 821. The van der Waals surface area contributed by atoms with Crippen molar-refractivity contribution in [3.63, 3.8) is 0 Å². The van der Waals surface area contributed by atoms with Crippen LogP contribution in [-0.2, 0) is 16.0 Å². The van der Waals surface area contributed by atoms with Crippen molar-refractivity contribution in [2.45, 2.75) is 33.1 Å². The summed E-state index contributed by atoms with van der Waals surface area (Å²) in [6, 6.07) is 7.74. The van der Waals surface area contributed by atoms with Gasteiger partial charge in [-0.2, -0.15) is 0 Å². The van der Waals surface area contributed by atoms with E-state index in [4.69, 9.17) is 11.6 Å². The van der Waals surface area contributed by atoms with Crippen LogP contribution in [0.15, 0.2) is 24.3 Å². The molecule has 1 saturated heterocycles. The van der Waals surface area contributed by atoms with Gasteiger partial charge in [0.05, 0.1) is 11.6 Å². The predicted octanol–water partition coefficient (Wildman–Crippen LogP) is 3.89. The van der Waals surface area contributed by atoms with Crippen LogP contribution >= 0.6 is 22.9 Å². The maximum Gasteiger partial charge on any atom is 0.231 e. The quantitative estimate of drug-likeness (QED) is 0.859. The van der Waals surface area contributed by atoms with Gasteiger partial charge in [0, 0.05) is 36.3 Å². The lowest BCUT2D eigenvalue weighted by Crippen LogP contribution is -2.42. The first-order chi connectivity index (χ1) is 12.4. The van der Waals surface area contributed by atoms with E-state index in [-0.39, 0.29) is 17.7 Å². The molecule has 1 aliphatic heterocycles. The fraction of sp³-hybridized carbons (Fsp3) is 0.421. The molecule has 0 aliphatic carbocycles. The molecule has 0 bridgehead atoms. The summed E-state index contributed by atoms with van der Waals surface area (Å²) in [7, 11) is 0. The van der Waals surface area contributed by atoms with Crippen LogP contribution < -0.4 is 5.32 Å². The number of nitrogens with one attached hydrogen (secondary N) is 1. The maximum absolute atomic E-state index is 12.6. The van der Waals surface area contributed by atoms with E-state index in [0.29, 0.717) is 18.1 Å². The van der Waals surface area contributed by atoms with Gasteiger partial charge in [-0.15, -0.1) is 11.3 Å². The van der Waals surface area contributed by atoms with E-state index in [0.717, 1.165) is 40.5 Å². The maximum atomic E-state index is 12.6. The smallest absolute Gasteiger partial charge is 0.231 e. The van der Waals surface area contributed by atoms with Crippen LogP contribution in [0, 0.1) is 12.8 Å². The van der Waals surface area contributed by atoms with Crippen molar-refractivity contribution in [2.24, 2.45) is 5.92 Å². The molecule has 138 valence electrons. The van der Waals surface area contributed by atoms with Gasteiger partial charge >= 0.3 is 0 Å². The topological polar surface area (TPSA) is 62.3 Å². The van der Waals surface area contributed by atoms with E-state index in [1.165, 1.54) is 11.3 Å². The Morgan fingerprint density at radius 1 is 1.38 bits per heavy atom. The first-order valence-corrected chi connectivity index (χ1v) is 9.89. The molecule has 1 aromatic carbocycles. The monoisotopic (exact) mass is 391 g/mol. The lowest BCUT2D eigenvalue weighted by molar-refractivity contribution is -0.132. The van der Waals surface area contributed by atoms with Crippen LogP contribution in [0.2, 0.25) is 5.02 Å². The highest BCUT2D eigenvalue weighted by Gasteiger charge is 2.27. The Labute approximate surface area is 162 Å². The van der Waals surface area contributed by atoms with Crippen molar-refractivity contribution in [1.82, 2.24) is 9.88 Å². The zero-order valence-corrected chi connectivity index (χ0v) is 16.5. The highest BCUT2D eigenvalue weighted by molar-refractivity contribution is 7.15. The minimum absolute atomic E-state index is 0.0228. The number of hydrogen-bond acceptors (Lipinski definition) is 4. The average molecular weight is 392 g/mol. The largest absolute Gasteiger partial charge is 0.342 e. The van der Waals surface area contributed by atoms with E-state index in [9.17, 15) is 9.59 Å². The van der Waals surface area contributed by atoms with E-state index in [1.807, 2.05) is 31.2 Å². The highest BCUT2D eigenvalue weighted by Crippen LogP contribution is 2.28. The van der Waals surface area contributed by atoms with Gasteiger partial charge in [-0.3, -0.25) is 9.59 Å². The van der Waals surface area contributed by atoms with E-state index in [2.05, 4.69) is 10.3 Å². The fourth-order valence-electron chi connectivity index (χ4n) is 3.14. The van der Waals surface area contributed by atoms with Crippen LogP contribution in [0.25, 0.3) is 0 Å². The van der Waals surface area contributed by atoms with Crippen molar-refractivity contribution in [1.29, 1.82) is 0 Å². The minimum atomic E-state index is -0.177. The predicted molar refractivity (Wildman–Crippen MR) is 105 cm³/mol. The molecule has 1 atom stereocenters. The molecule has 1 aliphatic rings. The SMILES string of the molecule is CC(=O)N1CCCC(C(=O)Nc2nc(C)c(Cc3ccccc3Cl)s2)C1. The Morgan fingerprint density at radius 2 is 2.15 bits per heavy atom. The molecular formula is C19H22ClN3O2S. The first kappa shape index (κ1) is 18.9. The van der Waals surface area contributed by atoms with Gasteiger partial charge in [-0.25, -0.2) is 4.98 Å². The van der Waals surface area contributed by atoms with Crippen molar-refractivity contribution in [3.05, 3.63) is 45.4 Å². The van der Waals surface area contributed by atoms with Crippen LogP contribution in [0.3, 0.4) is 0 Å². The van der Waals surface area contributed by atoms with Gasteiger partial charge in [0.1, 0.15) is 0 Å². The third kappa shape index (κ3) is 4.43. The van der Waals surface area contributed by atoms with Gasteiger partial charge in [-0.1, -0.05) is 29.8 Å². The van der Waals surface area contributed by atoms with E-state index < -0.39 is 0 Å². The minimum Gasteiger partial charge on any atom is -0.342 e. The number of halogens is 1. The Morgan fingerprint density at radius 3 is 2.88 bits per heavy atom. The number of rotatable bonds is 4. The second-order valence-electron chi connectivity index (χ2n) is 6.59. The molecule has 2 aromatic rings. The van der Waals surface area contributed by atoms with E-state index >= 15 is 0 Å². The Hall–Kier alpha value is -1.92. The summed E-state index contributed by atoms with van der Waals surface area (Å²) in [4.78, 5) is 31.4. The zero-order valence-electron chi connectivity index (χ0n) is 14.9. The summed E-state index contributed by atoms with van der Waals surface area (Å²) in [6.45, 7) is 4.71. The number of likely N-dealkylation sites (tertiary alicyclic amines) is 1. The number of carbonyl (C=O) groups is 2. The number of aromatic nitrogens is 1. The summed E-state index contributed by atoms with van der Waals surface area (Å²) >= 11 is 7.72. The normalized spacial score (nSPS) is 17.2. The van der Waals surface area contributed by atoms with Crippen molar-refractivity contribution >= 4 is 39.9 Å². The number of hydrogen-bond donors (Lipinski definition) is 1. The van der Waals surface area contributed by atoms with Gasteiger partial charge in [0.25, 0.3) is 0 Å². The molecule has 0 radical (unpaired) electrons. The second kappa shape index (κ2) is 8.18.